The van der Waals surface area contributed by atoms with E-state index in [2.05, 4.69) is 33.9 Å². The zero-order valence-electron chi connectivity index (χ0n) is 13.8. The monoisotopic (exact) mass is 300 g/mol. The van der Waals surface area contributed by atoms with Crippen LogP contribution in [-0.4, -0.2) is 33.6 Å². The number of hydrogen-bond acceptors (Lipinski definition) is 4. The van der Waals surface area contributed by atoms with E-state index in [4.69, 9.17) is 13.9 Å². The van der Waals surface area contributed by atoms with Gasteiger partial charge < -0.3 is 13.9 Å². The van der Waals surface area contributed by atoms with Crippen molar-refractivity contribution in [2.75, 3.05) is 13.2 Å². The first-order valence-corrected chi connectivity index (χ1v) is 10.1. The van der Waals surface area contributed by atoms with Gasteiger partial charge in [-0.25, -0.2) is 0 Å². The summed E-state index contributed by atoms with van der Waals surface area (Å²) in [7, 11) is -1.85. The predicted octanol–water partition coefficient (Wildman–Crippen LogP) is 3.49. The van der Waals surface area contributed by atoms with E-state index in [1.807, 2.05) is 13.8 Å². The zero-order chi connectivity index (χ0) is 15.6. The molecule has 0 unspecified atom stereocenters. The first-order chi connectivity index (χ1) is 9.04. The van der Waals surface area contributed by atoms with Gasteiger partial charge in [0.1, 0.15) is 11.5 Å². The van der Waals surface area contributed by atoms with Gasteiger partial charge in [0.15, 0.2) is 8.32 Å². The van der Waals surface area contributed by atoms with Crippen LogP contribution in [0.2, 0.25) is 18.1 Å². The Morgan fingerprint density at radius 3 is 2.50 bits per heavy atom. The van der Waals surface area contributed by atoms with Crippen LogP contribution in [0.15, 0.2) is 12.3 Å². The van der Waals surface area contributed by atoms with Crippen LogP contribution in [0.25, 0.3) is 0 Å². The van der Waals surface area contributed by atoms with Gasteiger partial charge in [-0.2, -0.15) is 0 Å². The Morgan fingerprint density at radius 1 is 1.40 bits per heavy atom. The van der Waals surface area contributed by atoms with E-state index < -0.39 is 13.7 Å². The molecule has 1 rings (SSSR count). The summed E-state index contributed by atoms with van der Waals surface area (Å²) in [5, 5.41) is 0.138. The molecule has 116 valence electrons. The van der Waals surface area contributed by atoms with Crippen molar-refractivity contribution in [3.63, 3.8) is 0 Å². The normalized spacial score (nSPS) is 26.4. The minimum atomic E-state index is -1.85. The third-order valence-electron chi connectivity index (χ3n) is 4.44. The summed E-state index contributed by atoms with van der Waals surface area (Å²) in [5.41, 5.74) is -0.752. The van der Waals surface area contributed by atoms with Crippen LogP contribution in [0, 0.1) is 5.41 Å². The summed E-state index contributed by atoms with van der Waals surface area (Å²) in [5.74, 6) is -0.252. The highest BCUT2D eigenvalue weighted by Gasteiger charge is 2.47. The molecule has 4 nitrogen and oxygen atoms in total. The first kappa shape index (κ1) is 17.2. The average Bonchev–Trinajstić information content (AvgIpc) is 2.68. The van der Waals surface area contributed by atoms with E-state index in [0.29, 0.717) is 13.2 Å². The summed E-state index contributed by atoms with van der Waals surface area (Å²) in [6, 6.07) is 0. The molecule has 2 atom stereocenters. The van der Waals surface area contributed by atoms with Crippen LogP contribution in [0.1, 0.15) is 34.6 Å². The van der Waals surface area contributed by atoms with Crippen LogP contribution < -0.4 is 0 Å². The Hall–Kier alpha value is -0.813. The van der Waals surface area contributed by atoms with Crippen molar-refractivity contribution < 1.29 is 18.7 Å². The maximum Gasteiger partial charge on any atom is 0.319 e. The molecule has 1 aliphatic heterocycles. The largest absolute Gasteiger partial charge is 0.494 e. The van der Waals surface area contributed by atoms with E-state index in [0.717, 1.165) is 0 Å². The molecule has 0 aromatic heterocycles. The fraction of sp³-hybridized carbons (Fsp3) is 0.800. The van der Waals surface area contributed by atoms with E-state index >= 15 is 0 Å². The molecule has 0 fully saturated rings. The van der Waals surface area contributed by atoms with Crippen LogP contribution in [-0.2, 0) is 18.7 Å². The Balaban J connectivity index is 2.71. The first-order valence-electron chi connectivity index (χ1n) is 7.19. The zero-order valence-corrected chi connectivity index (χ0v) is 14.8. The Morgan fingerprint density at radius 2 is 2.00 bits per heavy atom. The second-order valence-corrected chi connectivity index (χ2v) is 11.8. The molecule has 0 saturated carbocycles. The summed E-state index contributed by atoms with van der Waals surface area (Å²) in [6.45, 7) is 15.4. The van der Waals surface area contributed by atoms with Crippen molar-refractivity contribution >= 4 is 14.3 Å². The van der Waals surface area contributed by atoms with Gasteiger partial charge in [-0.3, -0.25) is 4.79 Å². The lowest BCUT2D eigenvalue weighted by atomic mass is 9.86. The van der Waals surface area contributed by atoms with Gasteiger partial charge in [-0.05, 0) is 38.1 Å². The number of rotatable bonds is 5. The third-order valence-corrected chi connectivity index (χ3v) is 8.94. The Labute approximate surface area is 123 Å². The minimum absolute atomic E-state index is 0.138. The van der Waals surface area contributed by atoms with Gasteiger partial charge in [0.05, 0.1) is 19.5 Å². The highest BCUT2D eigenvalue weighted by molar-refractivity contribution is 6.74. The lowest BCUT2D eigenvalue weighted by molar-refractivity contribution is -0.156. The van der Waals surface area contributed by atoms with Gasteiger partial charge in [-0.1, -0.05) is 20.8 Å². The SMILES string of the molecule is CCOC(=O)[C@]1(C)C=CO[C@@H]1CO[Si](C)(C)C(C)(C)C. The quantitative estimate of drug-likeness (QED) is 0.576. The average molecular weight is 300 g/mol. The van der Waals surface area contributed by atoms with Crippen molar-refractivity contribution in [2.45, 2.75) is 58.9 Å². The highest BCUT2D eigenvalue weighted by Crippen LogP contribution is 2.39. The Bertz CT molecular complexity index is 384. The molecule has 1 aliphatic rings. The predicted molar refractivity (Wildman–Crippen MR) is 81.9 cm³/mol. The fourth-order valence-corrected chi connectivity index (χ4v) is 2.72. The van der Waals surface area contributed by atoms with E-state index in [1.54, 1.807) is 12.3 Å². The number of esters is 1. The summed E-state index contributed by atoms with van der Waals surface area (Å²) in [4.78, 5) is 12.1. The van der Waals surface area contributed by atoms with Crippen molar-refractivity contribution in [3.8, 4) is 0 Å². The van der Waals surface area contributed by atoms with Crippen LogP contribution in [0.5, 0.6) is 0 Å². The van der Waals surface area contributed by atoms with E-state index in [1.165, 1.54) is 0 Å². The lowest BCUT2D eigenvalue weighted by Gasteiger charge is -2.38. The van der Waals surface area contributed by atoms with Crippen molar-refractivity contribution in [1.82, 2.24) is 0 Å². The van der Waals surface area contributed by atoms with Crippen LogP contribution in [0.3, 0.4) is 0 Å². The fourth-order valence-electron chi connectivity index (χ4n) is 1.72. The van der Waals surface area contributed by atoms with Crippen molar-refractivity contribution in [3.05, 3.63) is 12.3 Å². The van der Waals surface area contributed by atoms with E-state index in [-0.39, 0.29) is 17.1 Å². The number of hydrogen-bond donors (Lipinski definition) is 0. The summed E-state index contributed by atoms with van der Waals surface area (Å²) in [6.07, 6.45) is 3.04. The van der Waals surface area contributed by atoms with Gasteiger partial charge in [0.25, 0.3) is 0 Å². The minimum Gasteiger partial charge on any atom is -0.494 e. The molecule has 0 bridgehead atoms. The standard InChI is InChI=1S/C15H28O4Si/c1-8-17-13(16)15(5)9-10-18-12(15)11-19-20(6,7)14(2,3)4/h9-10,12H,8,11H2,1-7H3/t12-,15-/m1/s1. The van der Waals surface area contributed by atoms with Gasteiger partial charge in [-0.15, -0.1) is 0 Å². The molecule has 0 saturated heterocycles. The maximum absolute atomic E-state index is 12.1. The van der Waals surface area contributed by atoms with Gasteiger partial charge in [0, 0.05) is 0 Å². The van der Waals surface area contributed by atoms with Crippen LogP contribution in [0.4, 0.5) is 0 Å². The molecule has 0 aliphatic carbocycles. The molecule has 1 heterocycles. The molecular weight excluding hydrogens is 272 g/mol. The second-order valence-electron chi connectivity index (χ2n) is 7.00. The topological polar surface area (TPSA) is 44.8 Å². The smallest absolute Gasteiger partial charge is 0.319 e. The molecule has 0 amide bonds. The molecule has 0 spiro atoms. The Kier molecular flexibility index (Phi) is 5.08. The third kappa shape index (κ3) is 3.44. The second kappa shape index (κ2) is 5.90. The molecule has 0 radical (unpaired) electrons. The van der Waals surface area contributed by atoms with E-state index in [9.17, 15) is 4.79 Å². The highest BCUT2D eigenvalue weighted by atomic mass is 28.4. The number of carbonyl (C=O) groups is 1. The lowest BCUT2D eigenvalue weighted by Crippen LogP contribution is -2.46. The molecule has 0 N–H and O–H groups in total. The molecule has 5 heteroatoms. The van der Waals surface area contributed by atoms with Gasteiger partial charge in [0.2, 0.25) is 0 Å². The maximum atomic E-state index is 12.1. The summed E-state index contributed by atoms with van der Waals surface area (Å²) >= 11 is 0. The number of ether oxygens (including phenoxy) is 2. The van der Waals surface area contributed by atoms with Gasteiger partial charge >= 0.3 is 5.97 Å². The van der Waals surface area contributed by atoms with Crippen molar-refractivity contribution in [2.24, 2.45) is 5.41 Å². The summed E-state index contributed by atoms with van der Waals surface area (Å²) < 4.78 is 16.9. The van der Waals surface area contributed by atoms with Crippen molar-refractivity contribution in [1.29, 1.82) is 0 Å². The molecule has 0 aromatic carbocycles. The molecule has 20 heavy (non-hydrogen) atoms. The van der Waals surface area contributed by atoms with Crippen LogP contribution >= 0.6 is 0 Å². The number of carbonyl (C=O) groups excluding carboxylic acids is 1. The molecule has 0 aromatic rings. The molecular formula is C15H28O4Si.